The molecule has 0 radical (unpaired) electrons. The summed E-state index contributed by atoms with van der Waals surface area (Å²) in [5.74, 6) is 0. The highest BCUT2D eigenvalue weighted by Gasteiger charge is 1.95. The maximum atomic E-state index is 9.15. The van der Waals surface area contributed by atoms with Gasteiger partial charge in [-0.15, -0.1) is 0 Å². The average Bonchev–Trinajstić information content (AvgIpc) is 2.15. The maximum Gasteiger partial charge on any atom is 0.0756 e. The lowest BCUT2D eigenvalue weighted by atomic mass is 10.1. The Morgan fingerprint density at radius 1 is 1.38 bits per heavy atom. The molecule has 1 aromatic rings. The molecule has 13 heavy (non-hydrogen) atoms. The molecule has 1 atom stereocenters. The zero-order valence-electron chi connectivity index (χ0n) is 7.77. The van der Waals surface area contributed by atoms with Crippen LogP contribution in [0, 0.1) is 0 Å². The fourth-order valence-electron chi connectivity index (χ4n) is 0.907. The number of aliphatic hydroxyl groups excluding tert-OH is 1. The Balaban J connectivity index is 2.64. The second-order valence-electron chi connectivity index (χ2n) is 2.99. The van der Waals surface area contributed by atoms with E-state index in [0.717, 1.165) is 11.1 Å². The minimum Gasteiger partial charge on any atom is -0.389 e. The first kappa shape index (κ1) is 9.75. The Labute approximate surface area is 79.0 Å². The Kier molecular flexibility index (Phi) is 3.47. The molecule has 0 bridgehead atoms. The molecule has 0 fully saturated rings. The summed E-state index contributed by atoms with van der Waals surface area (Å²) in [4.78, 5) is 0. The second kappa shape index (κ2) is 4.63. The van der Waals surface area contributed by atoms with Crippen molar-refractivity contribution in [1.82, 2.24) is 0 Å². The first-order valence-corrected chi connectivity index (χ1v) is 4.30. The Hall–Kier alpha value is -1.34. The van der Waals surface area contributed by atoms with Crippen LogP contribution in [0.4, 0.5) is 0 Å². The van der Waals surface area contributed by atoms with E-state index in [2.05, 4.69) is 6.58 Å². The van der Waals surface area contributed by atoms with Crippen LogP contribution in [0.5, 0.6) is 0 Å². The molecule has 0 heterocycles. The number of aliphatic hydroxyl groups is 1. The van der Waals surface area contributed by atoms with Gasteiger partial charge in [0.05, 0.1) is 6.10 Å². The van der Waals surface area contributed by atoms with E-state index in [1.54, 1.807) is 6.92 Å². The van der Waals surface area contributed by atoms with Crippen molar-refractivity contribution in [1.29, 1.82) is 0 Å². The van der Waals surface area contributed by atoms with E-state index in [0.29, 0.717) is 0 Å². The zero-order chi connectivity index (χ0) is 9.68. The van der Waals surface area contributed by atoms with Gasteiger partial charge in [-0.25, -0.2) is 0 Å². The fraction of sp³-hybridized carbons (Fsp3) is 0.167. The molecular weight excluding hydrogens is 160 g/mol. The third-order valence-electron chi connectivity index (χ3n) is 1.83. The molecule has 1 aromatic carbocycles. The fourth-order valence-corrected chi connectivity index (χ4v) is 0.907. The summed E-state index contributed by atoms with van der Waals surface area (Å²) < 4.78 is 0. The van der Waals surface area contributed by atoms with Gasteiger partial charge in [0.2, 0.25) is 0 Å². The largest absolute Gasteiger partial charge is 0.389 e. The van der Waals surface area contributed by atoms with Crippen LogP contribution in [-0.4, -0.2) is 11.2 Å². The van der Waals surface area contributed by atoms with Crippen LogP contribution in [0.2, 0.25) is 0 Å². The molecule has 68 valence electrons. The van der Waals surface area contributed by atoms with Crippen molar-refractivity contribution in [2.75, 3.05) is 0 Å². The number of hydrogen-bond acceptors (Lipinski definition) is 1. The Bertz CT molecular complexity index is 296. The predicted molar refractivity (Wildman–Crippen MR) is 56.3 cm³/mol. The van der Waals surface area contributed by atoms with Crippen LogP contribution in [0.15, 0.2) is 48.6 Å². The van der Waals surface area contributed by atoms with E-state index in [-0.39, 0.29) is 0 Å². The molecule has 1 nitrogen and oxygen atoms in total. The van der Waals surface area contributed by atoms with Crippen molar-refractivity contribution in [2.24, 2.45) is 0 Å². The van der Waals surface area contributed by atoms with Crippen LogP contribution in [0.3, 0.4) is 0 Å². The second-order valence-corrected chi connectivity index (χ2v) is 2.99. The molecular formula is C12H14O. The highest BCUT2D eigenvalue weighted by atomic mass is 16.3. The first-order valence-electron chi connectivity index (χ1n) is 4.30. The third-order valence-corrected chi connectivity index (χ3v) is 1.83. The third kappa shape index (κ3) is 3.26. The smallest absolute Gasteiger partial charge is 0.0756 e. The van der Waals surface area contributed by atoms with Crippen LogP contribution in [0.25, 0.3) is 6.08 Å². The van der Waals surface area contributed by atoms with E-state index in [1.165, 1.54) is 0 Å². The summed E-state index contributed by atoms with van der Waals surface area (Å²) >= 11 is 0. The normalized spacial score (nSPS) is 13.1. The Morgan fingerprint density at radius 2 is 2.00 bits per heavy atom. The molecule has 0 aromatic heterocycles. The van der Waals surface area contributed by atoms with E-state index >= 15 is 0 Å². The van der Waals surface area contributed by atoms with Crippen molar-refractivity contribution >= 4 is 6.08 Å². The molecule has 0 aliphatic heterocycles. The summed E-state index contributed by atoms with van der Waals surface area (Å²) in [5, 5.41) is 9.15. The number of rotatable bonds is 3. The van der Waals surface area contributed by atoms with E-state index in [4.69, 9.17) is 5.11 Å². The van der Waals surface area contributed by atoms with Gasteiger partial charge in [-0.2, -0.15) is 0 Å². The van der Waals surface area contributed by atoms with Gasteiger partial charge in [-0.3, -0.25) is 0 Å². The van der Waals surface area contributed by atoms with E-state index < -0.39 is 6.10 Å². The molecule has 1 rings (SSSR count). The standard InChI is InChI=1S/C12H14O/c1-10(11(2)13)8-9-12-6-4-3-5-7-12/h3-9,11,13H,1H2,2H3. The van der Waals surface area contributed by atoms with Gasteiger partial charge >= 0.3 is 0 Å². The quantitative estimate of drug-likeness (QED) is 0.698. The van der Waals surface area contributed by atoms with E-state index in [9.17, 15) is 0 Å². The van der Waals surface area contributed by atoms with Gasteiger partial charge in [-0.1, -0.05) is 49.1 Å². The molecule has 0 saturated carbocycles. The molecule has 0 spiro atoms. The number of hydrogen-bond donors (Lipinski definition) is 1. The molecule has 0 amide bonds. The summed E-state index contributed by atoms with van der Waals surface area (Å²) in [7, 11) is 0. The molecule has 1 unspecified atom stereocenters. The van der Waals surface area contributed by atoms with Crippen molar-refractivity contribution in [2.45, 2.75) is 13.0 Å². The van der Waals surface area contributed by atoms with Crippen molar-refractivity contribution in [3.63, 3.8) is 0 Å². The SMILES string of the molecule is C=C(C=Cc1ccccc1)C(C)O. The predicted octanol–water partition coefficient (Wildman–Crippen LogP) is 2.64. The van der Waals surface area contributed by atoms with Crippen LogP contribution >= 0.6 is 0 Å². The highest BCUT2D eigenvalue weighted by molar-refractivity contribution is 5.52. The van der Waals surface area contributed by atoms with Crippen molar-refractivity contribution in [3.8, 4) is 0 Å². The molecule has 0 aliphatic carbocycles. The van der Waals surface area contributed by atoms with Gasteiger partial charge in [-0.05, 0) is 18.1 Å². The van der Waals surface area contributed by atoms with Gasteiger partial charge in [0, 0.05) is 0 Å². The van der Waals surface area contributed by atoms with Gasteiger partial charge in [0.1, 0.15) is 0 Å². The average molecular weight is 174 g/mol. The van der Waals surface area contributed by atoms with Gasteiger partial charge < -0.3 is 5.11 Å². The zero-order valence-corrected chi connectivity index (χ0v) is 7.77. The van der Waals surface area contributed by atoms with Gasteiger partial charge in [0.25, 0.3) is 0 Å². The Morgan fingerprint density at radius 3 is 2.54 bits per heavy atom. The molecule has 1 heteroatoms. The summed E-state index contributed by atoms with van der Waals surface area (Å²) in [5.41, 5.74) is 1.84. The van der Waals surface area contributed by atoms with Crippen molar-refractivity contribution < 1.29 is 5.11 Å². The first-order chi connectivity index (χ1) is 6.20. The lowest BCUT2D eigenvalue weighted by molar-refractivity contribution is 0.236. The molecule has 0 saturated heterocycles. The highest BCUT2D eigenvalue weighted by Crippen LogP contribution is 2.06. The van der Waals surface area contributed by atoms with Crippen LogP contribution < -0.4 is 0 Å². The minimum absolute atomic E-state index is 0.472. The summed E-state index contributed by atoms with van der Waals surface area (Å²) in [6.45, 7) is 5.44. The molecule has 0 aliphatic rings. The van der Waals surface area contributed by atoms with Crippen molar-refractivity contribution in [3.05, 3.63) is 54.1 Å². The number of benzene rings is 1. The monoisotopic (exact) mass is 174 g/mol. The van der Waals surface area contributed by atoms with Crippen LogP contribution in [-0.2, 0) is 0 Å². The van der Waals surface area contributed by atoms with E-state index in [1.807, 2.05) is 42.5 Å². The maximum absolute atomic E-state index is 9.15. The summed E-state index contributed by atoms with van der Waals surface area (Å²) in [6, 6.07) is 9.94. The molecule has 1 N–H and O–H groups in total. The topological polar surface area (TPSA) is 20.2 Å². The lowest BCUT2D eigenvalue weighted by Gasteiger charge is -2.01. The lowest BCUT2D eigenvalue weighted by Crippen LogP contribution is -1.99. The minimum atomic E-state index is -0.472. The summed E-state index contributed by atoms with van der Waals surface area (Å²) in [6.07, 6.45) is 3.30. The van der Waals surface area contributed by atoms with Gasteiger partial charge in [0.15, 0.2) is 0 Å². The van der Waals surface area contributed by atoms with Crippen LogP contribution in [0.1, 0.15) is 12.5 Å².